The van der Waals surface area contributed by atoms with Crippen LogP contribution >= 0.6 is 0 Å². The van der Waals surface area contributed by atoms with Crippen molar-refractivity contribution < 1.29 is 14.7 Å². The molecule has 1 fully saturated rings. The predicted molar refractivity (Wildman–Crippen MR) is 74.0 cm³/mol. The third-order valence-electron chi connectivity index (χ3n) is 3.95. The van der Waals surface area contributed by atoms with Crippen molar-refractivity contribution in [2.45, 2.75) is 52.5 Å². The van der Waals surface area contributed by atoms with Crippen LogP contribution < -0.4 is 5.32 Å². The fraction of sp³-hybridized carbons (Fsp3) is 0.857. The van der Waals surface area contributed by atoms with Crippen molar-refractivity contribution in [2.24, 2.45) is 11.8 Å². The van der Waals surface area contributed by atoms with Gasteiger partial charge in [-0.25, -0.2) is 4.79 Å². The molecule has 1 aliphatic rings. The Bertz CT molecular complexity index is 318. The number of aliphatic carboxylic acids is 1. The standard InChI is InChI=1S/C14H26N2O3/c1-4-11-7-5-6-8-16(11)14(19)15-9-12(10(2)3)13(17)18/h10-12H,4-9H2,1-3H3,(H,15,19)(H,17,18). The molecule has 1 aliphatic heterocycles. The molecule has 0 aliphatic carbocycles. The Morgan fingerprint density at radius 3 is 2.58 bits per heavy atom. The van der Waals surface area contributed by atoms with Gasteiger partial charge in [-0.2, -0.15) is 0 Å². The quantitative estimate of drug-likeness (QED) is 0.805. The van der Waals surface area contributed by atoms with Gasteiger partial charge < -0.3 is 15.3 Å². The third kappa shape index (κ3) is 4.40. The second kappa shape index (κ2) is 7.36. The molecule has 1 rings (SSSR count). The first-order valence-corrected chi connectivity index (χ1v) is 7.24. The van der Waals surface area contributed by atoms with Crippen molar-refractivity contribution >= 4 is 12.0 Å². The van der Waals surface area contributed by atoms with Crippen LogP contribution in [-0.2, 0) is 4.79 Å². The first-order valence-electron chi connectivity index (χ1n) is 7.24. The Morgan fingerprint density at radius 1 is 1.37 bits per heavy atom. The minimum Gasteiger partial charge on any atom is -0.481 e. The average molecular weight is 270 g/mol. The Kier molecular flexibility index (Phi) is 6.12. The Labute approximate surface area is 115 Å². The van der Waals surface area contributed by atoms with Crippen LogP contribution in [0.3, 0.4) is 0 Å². The Morgan fingerprint density at radius 2 is 2.05 bits per heavy atom. The second-order valence-electron chi connectivity index (χ2n) is 5.63. The van der Waals surface area contributed by atoms with E-state index >= 15 is 0 Å². The monoisotopic (exact) mass is 270 g/mol. The zero-order chi connectivity index (χ0) is 14.4. The lowest BCUT2D eigenvalue weighted by molar-refractivity contribution is -0.142. The molecule has 0 aromatic heterocycles. The summed E-state index contributed by atoms with van der Waals surface area (Å²) in [6.07, 6.45) is 4.22. The summed E-state index contributed by atoms with van der Waals surface area (Å²) in [6.45, 7) is 6.80. The van der Waals surface area contributed by atoms with E-state index in [0.717, 1.165) is 25.8 Å². The molecular formula is C14H26N2O3. The van der Waals surface area contributed by atoms with Gasteiger partial charge in [0.15, 0.2) is 0 Å². The Balaban J connectivity index is 2.51. The van der Waals surface area contributed by atoms with E-state index in [9.17, 15) is 9.59 Å². The van der Waals surface area contributed by atoms with E-state index in [2.05, 4.69) is 12.2 Å². The number of likely N-dealkylation sites (tertiary alicyclic amines) is 1. The summed E-state index contributed by atoms with van der Waals surface area (Å²) in [4.78, 5) is 25.1. The topological polar surface area (TPSA) is 69.6 Å². The number of carboxylic acids is 1. The number of amides is 2. The van der Waals surface area contributed by atoms with E-state index in [1.807, 2.05) is 18.7 Å². The number of rotatable bonds is 5. The number of carboxylic acid groups (broad SMARTS) is 1. The molecule has 0 radical (unpaired) electrons. The van der Waals surface area contributed by atoms with E-state index in [0.29, 0.717) is 6.04 Å². The highest BCUT2D eigenvalue weighted by Gasteiger charge is 2.27. The number of carbonyl (C=O) groups excluding carboxylic acids is 1. The highest BCUT2D eigenvalue weighted by Crippen LogP contribution is 2.19. The van der Waals surface area contributed by atoms with E-state index < -0.39 is 11.9 Å². The van der Waals surface area contributed by atoms with Crippen molar-refractivity contribution in [1.82, 2.24) is 10.2 Å². The zero-order valence-corrected chi connectivity index (χ0v) is 12.2. The van der Waals surface area contributed by atoms with Crippen LogP contribution in [-0.4, -0.2) is 41.1 Å². The number of piperidine rings is 1. The van der Waals surface area contributed by atoms with Gasteiger partial charge in [0, 0.05) is 19.1 Å². The molecule has 5 nitrogen and oxygen atoms in total. The van der Waals surface area contributed by atoms with Crippen LogP contribution in [0.15, 0.2) is 0 Å². The van der Waals surface area contributed by atoms with E-state index in [1.165, 1.54) is 6.42 Å². The largest absolute Gasteiger partial charge is 0.481 e. The summed E-state index contributed by atoms with van der Waals surface area (Å²) in [5.41, 5.74) is 0. The van der Waals surface area contributed by atoms with Crippen molar-refractivity contribution in [3.8, 4) is 0 Å². The summed E-state index contributed by atoms with van der Waals surface area (Å²) < 4.78 is 0. The van der Waals surface area contributed by atoms with Crippen molar-refractivity contribution in [1.29, 1.82) is 0 Å². The van der Waals surface area contributed by atoms with Gasteiger partial charge >= 0.3 is 12.0 Å². The first-order chi connectivity index (χ1) is 8.97. The first kappa shape index (κ1) is 15.8. The van der Waals surface area contributed by atoms with Crippen LogP contribution in [0.25, 0.3) is 0 Å². The molecule has 2 unspecified atom stereocenters. The van der Waals surface area contributed by atoms with Gasteiger partial charge in [0.1, 0.15) is 0 Å². The average Bonchev–Trinajstić information content (AvgIpc) is 2.37. The highest BCUT2D eigenvalue weighted by atomic mass is 16.4. The predicted octanol–water partition coefficient (Wildman–Crippen LogP) is 2.32. The summed E-state index contributed by atoms with van der Waals surface area (Å²) >= 11 is 0. The van der Waals surface area contributed by atoms with E-state index in [4.69, 9.17) is 5.11 Å². The summed E-state index contributed by atoms with van der Waals surface area (Å²) in [6, 6.07) is 0.189. The van der Waals surface area contributed by atoms with Crippen molar-refractivity contribution in [2.75, 3.05) is 13.1 Å². The molecule has 0 aromatic rings. The number of urea groups is 1. The lowest BCUT2D eigenvalue weighted by atomic mass is 9.96. The lowest BCUT2D eigenvalue weighted by Gasteiger charge is -2.35. The lowest BCUT2D eigenvalue weighted by Crippen LogP contribution is -2.50. The summed E-state index contributed by atoms with van der Waals surface area (Å²) in [5, 5.41) is 11.9. The van der Waals surface area contributed by atoms with Crippen LogP contribution in [0.1, 0.15) is 46.5 Å². The third-order valence-corrected chi connectivity index (χ3v) is 3.95. The number of carbonyl (C=O) groups is 2. The number of nitrogens with one attached hydrogen (secondary N) is 1. The molecular weight excluding hydrogens is 244 g/mol. The maximum Gasteiger partial charge on any atom is 0.317 e. The molecule has 0 bridgehead atoms. The molecule has 0 spiro atoms. The van der Waals surface area contributed by atoms with Crippen LogP contribution in [0, 0.1) is 11.8 Å². The van der Waals surface area contributed by atoms with Gasteiger partial charge in [-0.3, -0.25) is 4.79 Å². The summed E-state index contributed by atoms with van der Waals surface area (Å²) in [7, 11) is 0. The maximum absolute atomic E-state index is 12.1. The molecule has 110 valence electrons. The van der Waals surface area contributed by atoms with Gasteiger partial charge in [-0.1, -0.05) is 20.8 Å². The van der Waals surface area contributed by atoms with Gasteiger partial charge in [0.05, 0.1) is 5.92 Å². The minimum absolute atomic E-state index is 0.0149. The number of hydrogen-bond donors (Lipinski definition) is 2. The molecule has 2 amide bonds. The van der Waals surface area contributed by atoms with Gasteiger partial charge in [0.2, 0.25) is 0 Å². The van der Waals surface area contributed by atoms with Gasteiger partial charge in [-0.15, -0.1) is 0 Å². The number of nitrogens with zero attached hydrogens (tertiary/aromatic N) is 1. The van der Waals surface area contributed by atoms with Gasteiger partial charge in [-0.05, 0) is 31.6 Å². The molecule has 19 heavy (non-hydrogen) atoms. The highest BCUT2D eigenvalue weighted by molar-refractivity contribution is 5.76. The SMILES string of the molecule is CCC1CCCCN1C(=O)NCC(C(=O)O)C(C)C. The molecule has 1 heterocycles. The van der Waals surface area contributed by atoms with Crippen molar-refractivity contribution in [3.05, 3.63) is 0 Å². The van der Waals surface area contributed by atoms with Crippen LogP contribution in [0.4, 0.5) is 4.79 Å². The van der Waals surface area contributed by atoms with Gasteiger partial charge in [0.25, 0.3) is 0 Å². The van der Waals surface area contributed by atoms with E-state index in [-0.39, 0.29) is 18.5 Å². The molecule has 5 heteroatoms. The molecule has 0 saturated carbocycles. The number of hydrogen-bond acceptors (Lipinski definition) is 2. The molecule has 2 N–H and O–H groups in total. The second-order valence-corrected chi connectivity index (χ2v) is 5.63. The maximum atomic E-state index is 12.1. The van der Waals surface area contributed by atoms with E-state index in [1.54, 1.807) is 0 Å². The smallest absolute Gasteiger partial charge is 0.317 e. The molecule has 2 atom stereocenters. The molecule has 1 saturated heterocycles. The minimum atomic E-state index is -0.846. The molecule has 0 aromatic carbocycles. The summed E-state index contributed by atoms with van der Waals surface area (Å²) in [5.74, 6) is -1.35. The van der Waals surface area contributed by atoms with Crippen molar-refractivity contribution in [3.63, 3.8) is 0 Å². The normalized spacial score (nSPS) is 21.3. The fourth-order valence-corrected chi connectivity index (χ4v) is 2.60. The zero-order valence-electron chi connectivity index (χ0n) is 12.2. The van der Waals surface area contributed by atoms with Crippen LogP contribution in [0.5, 0.6) is 0 Å². The van der Waals surface area contributed by atoms with Crippen LogP contribution in [0.2, 0.25) is 0 Å². The Hall–Kier alpha value is -1.26. The fourth-order valence-electron chi connectivity index (χ4n) is 2.60.